The molecule has 1 saturated heterocycles. The van der Waals surface area contributed by atoms with Gasteiger partial charge in [0.15, 0.2) is 5.65 Å². The zero-order valence-electron chi connectivity index (χ0n) is 13.7. The number of aromatic amines is 1. The molecule has 7 nitrogen and oxygen atoms in total. The zero-order valence-corrected chi connectivity index (χ0v) is 14.6. The molecule has 8 heteroatoms. The lowest BCUT2D eigenvalue weighted by molar-refractivity contribution is 0.360. The molecule has 1 aliphatic heterocycles. The number of hydrogen-bond donors (Lipinski definition) is 2. The summed E-state index contributed by atoms with van der Waals surface area (Å²) in [6, 6.07) is 1.97. The maximum Gasteiger partial charge on any atom is 0.266 e. The number of thiophene rings is 1. The Bertz CT molecular complexity index is 930. The van der Waals surface area contributed by atoms with Gasteiger partial charge in [-0.05, 0) is 31.2 Å². The number of hydrogen-bond acceptors (Lipinski definition) is 6. The van der Waals surface area contributed by atoms with Crippen LogP contribution in [0.4, 0.5) is 5.95 Å². The minimum Gasteiger partial charge on any atom is -0.342 e. The van der Waals surface area contributed by atoms with Crippen LogP contribution in [0, 0.1) is 0 Å². The van der Waals surface area contributed by atoms with Crippen molar-refractivity contribution in [2.75, 3.05) is 18.0 Å². The number of anilines is 1. The number of nitrogens with one attached hydrogen (secondary N) is 1. The predicted octanol–water partition coefficient (Wildman–Crippen LogP) is 1.70. The van der Waals surface area contributed by atoms with Gasteiger partial charge in [-0.15, -0.1) is 0 Å². The Balaban J connectivity index is 1.80. The average Bonchev–Trinajstić information content (AvgIpc) is 3.20. The van der Waals surface area contributed by atoms with Crippen LogP contribution in [0.5, 0.6) is 0 Å². The summed E-state index contributed by atoms with van der Waals surface area (Å²) >= 11 is 1.58. The smallest absolute Gasteiger partial charge is 0.266 e. The van der Waals surface area contributed by atoms with Gasteiger partial charge >= 0.3 is 0 Å². The Labute approximate surface area is 143 Å². The van der Waals surface area contributed by atoms with Crippen LogP contribution in [0.25, 0.3) is 22.3 Å². The highest BCUT2D eigenvalue weighted by atomic mass is 32.1. The summed E-state index contributed by atoms with van der Waals surface area (Å²) in [4.78, 5) is 19.7. The molecule has 0 amide bonds. The Kier molecular flexibility index (Phi) is 3.47. The van der Waals surface area contributed by atoms with Gasteiger partial charge in [0.2, 0.25) is 5.95 Å². The van der Waals surface area contributed by atoms with Gasteiger partial charge in [0.1, 0.15) is 5.39 Å². The molecule has 0 bridgehead atoms. The van der Waals surface area contributed by atoms with Crippen molar-refractivity contribution in [3.8, 4) is 11.3 Å². The molecule has 3 aromatic heterocycles. The van der Waals surface area contributed by atoms with E-state index in [0.717, 1.165) is 37.2 Å². The molecule has 0 aliphatic carbocycles. The van der Waals surface area contributed by atoms with E-state index in [9.17, 15) is 4.79 Å². The third kappa shape index (κ3) is 2.42. The van der Waals surface area contributed by atoms with Crippen molar-refractivity contribution in [2.24, 2.45) is 12.8 Å². The van der Waals surface area contributed by atoms with E-state index in [0.29, 0.717) is 17.0 Å². The van der Waals surface area contributed by atoms with Crippen molar-refractivity contribution in [2.45, 2.75) is 25.3 Å². The van der Waals surface area contributed by atoms with Gasteiger partial charge in [-0.3, -0.25) is 14.5 Å². The number of rotatable bonds is 2. The number of fused-ring (bicyclic) bond motifs is 1. The van der Waals surface area contributed by atoms with E-state index in [1.807, 2.05) is 16.8 Å². The van der Waals surface area contributed by atoms with Crippen molar-refractivity contribution in [1.29, 1.82) is 0 Å². The van der Waals surface area contributed by atoms with Gasteiger partial charge in [-0.1, -0.05) is 0 Å². The van der Waals surface area contributed by atoms with Crippen LogP contribution in [0.15, 0.2) is 21.6 Å². The summed E-state index contributed by atoms with van der Waals surface area (Å²) in [5.74, 6) is 0.659. The fraction of sp³-hybridized carbons (Fsp3) is 0.438. The lowest BCUT2D eigenvalue weighted by atomic mass is 9.91. The van der Waals surface area contributed by atoms with E-state index in [2.05, 4.69) is 27.0 Å². The zero-order chi connectivity index (χ0) is 16.9. The van der Waals surface area contributed by atoms with Gasteiger partial charge in [0.05, 0.1) is 5.69 Å². The second kappa shape index (κ2) is 5.42. The van der Waals surface area contributed by atoms with E-state index in [4.69, 9.17) is 5.73 Å². The van der Waals surface area contributed by atoms with Crippen molar-refractivity contribution >= 4 is 28.3 Å². The Morgan fingerprint density at radius 2 is 2.12 bits per heavy atom. The van der Waals surface area contributed by atoms with Crippen LogP contribution < -0.4 is 16.2 Å². The molecule has 3 N–H and O–H groups in total. The van der Waals surface area contributed by atoms with Crippen molar-refractivity contribution in [3.05, 3.63) is 27.2 Å². The van der Waals surface area contributed by atoms with E-state index in [1.165, 1.54) is 0 Å². The summed E-state index contributed by atoms with van der Waals surface area (Å²) in [6.07, 6.45) is 1.75. The molecular formula is C16H20N6OS. The predicted molar refractivity (Wildman–Crippen MR) is 96.5 cm³/mol. The molecule has 4 rings (SSSR count). The molecular weight excluding hydrogens is 324 g/mol. The van der Waals surface area contributed by atoms with Crippen LogP contribution in [0.3, 0.4) is 0 Å². The summed E-state index contributed by atoms with van der Waals surface area (Å²) in [5, 5.41) is 11.7. The summed E-state index contributed by atoms with van der Waals surface area (Å²) in [5.41, 5.74) is 8.15. The van der Waals surface area contributed by atoms with Crippen LogP contribution in [-0.4, -0.2) is 38.4 Å². The largest absolute Gasteiger partial charge is 0.342 e. The van der Waals surface area contributed by atoms with Gasteiger partial charge in [0.25, 0.3) is 5.56 Å². The van der Waals surface area contributed by atoms with E-state index in [1.54, 1.807) is 23.0 Å². The Hall–Kier alpha value is -2.19. The molecule has 24 heavy (non-hydrogen) atoms. The molecule has 126 valence electrons. The van der Waals surface area contributed by atoms with Gasteiger partial charge < -0.3 is 10.6 Å². The molecule has 0 spiro atoms. The molecule has 0 saturated carbocycles. The van der Waals surface area contributed by atoms with Crippen LogP contribution in [0.2, 0.25) is 0 Å². The van der Waals surface area contributed by atoms with Crippen LogP contribution in [0.1, 0.15) is 19.8 Å². The second-order valence-corrected chi connectivity index (χ2v) is 7.51. The average molecular weight is 344 g/mol. The normalized spacial score (nSPS) is 17.5. The lowest BCUT2D eigenvalue weighted by Crippen LogP contribution is -2.49. The molecule has 0 unspecified atom stereocenters. The third-order valence-electron chi connectivity index (χ3n) is 4.77. The van der Waals surface area contributed by atoms with E-state index < -0.39 is 0 Å². The maximum absolute atomic E-state index is 12.9. The van der Waals surface area contributed by atoms with Crippen LogP contribution >= 0.6 is 11.3 Å². The standard InChI is InChI=1S/C16H20N6OS/c1-16(17)4-6-22(7-5-16)15-18-13-11(14(23)21(15)2)12(19-20-13)10-3-8-24-9-10/h3,8-9H,4-7,17H2,1-2H3,(H,19,20). The highest BCUT2D eigenvalue weighted by Crippen LogP contribution is 2.27. The highest BCUT2D eigenvalue weighted by Gasteiger charge is 2.28. The topological polar surface area (TPSA) is 92.8 Å². The van der Waals surface area contributed by atoms with Crippen molar-refractivity contribution in [3.63, 3.8) is 0 Å². The first-order valence-corrected chi connectivity index (χ1v) is 8.92. The number of aromatic nitrogens is 4. The van der Waals surface area contributed by atoms with E-state index in [-0.39, 0.29) is 11.1 Å². The first kappa shape index (κ1) is 15.3. The minimum atomic E-state index is -0.141. The third-order valence-corrected chi connectivity index (χ3v) is 5.45. The Morgan fingerprint density at radius 3 is 2.79 bits per heavy atom. The fourth-order valence-electron chi connectivity index (χ4n) is 3.16. The first-order chi connectivity index (χ1) is 11.5. The monoisotopic (exact) mass is 344 g/mol. The maximum atomic E-state index is 12.9. The number of nitrogens with zero attached hydrogens (tertiary/aromatic N) is 4. The fourth-order valence-corrected chi connectivity index (χ4v) is 3.81. The summed E-state index contributed by atoms with van der Waals surface area (Å²) in [6.45, 7) is 3.65. The number of H-pyrrole nitrogens is 1. The Morgan fingerprint density at radius 1 is 1.38 bits per heavy atom. The van der Waals surface area contributed by atoms with Crippen molar-refractivity contribution in [1.82, 2.24) is 19.7 Å². The summed E-state index contributed by atoms with van der Waals surface area (Å²) in [7, 11) is 1.77. The van der Waals surface area contributed by atoms with Gasteiger partial charge in [0, 0.05) is 36.6 Å². The SMILES string of the molecule is Cn1c(N2CCC(C)(N)CC2)nc2n[nH]c(-c3ccsc3)c2c1=O. The molecule has 0 aromatic carbocycles. The van der Waals surface area contributed by atoms with Gasteiger partial charge in [-0.25, -0.2) is 0 Å². The molecule has 1 aliphatic rings. The lowest BCUT2D eigenvalue weighted by Gasteiger charge is -2.37. The number of piperidine rings is 1. The van der Waals surface area contributed by atoms with Crippen molar-refractivity contribution < 1.29 is 0 Å². The highest BCUT2D eigenvalue weighted by molar-refractivity contribution is 7.08. The molecule has 3 aromatic rings. The molecule has 1 fully saturated rings. The quantitative estimate of drug-likeness (QED) is 0.738. The molecule has 0 radical (unpaired) electrons. The molecule has 0 atom stereocenters. The summed E-state index contributed by atoms with van der Waals surface area (Å²) < 4.78 is 1.62. The first-order valence-electron chi connectivity index (χ1n) is 7.98. The molecule has 4 heterocycles. The van der Waals surface area contributed by atoms with Gasteiger partial charge in [-0.2, -0.15) is 21.4 Å². The minimum absolute atomic E-state index is 0.0777. The van der Waals surface area contributed by atoms with E-state index >= 15 is 0 Å². The number of nitrogens with two attached hydrogens (primary N) is 1. The second-order valence-electron chi connectivity index (χ2n) is 6.73. The van der Waals surface area contributed by atoms with Crippen LogP contribution in [-0.2, 0) is 7.05 Å².